The maximum absolute atomic E-state index is 12.6. The van der Waals surface area contributed by atoms with Crippen LogP contribution in [-0.4, -0.2) is 54.0 Å². The molecular formula is C40H46N4O10S3. The number of azo groups is 1. The van der Waals surface area contributed by atoms with Gasteiger partial charge in [0, 0.05) is 28.8 Å². The van der Waals surface area contributed by atoms with Crippen molar-refractivity contribution in [1.29, 1.82) is 0 Å². The molecular weight excluding hydrogens is 793 g/mol. The van der Waals surface area contributed by atoms with Crippen LogP contribution in [-0.2, 0) is 36.8 Å². The lowest BCUT2D eigenvalue weighted by Crippen LogP contribution is -2.08. The molecule has 0 aliphatic carbocycles. The van der Waals surface area contributed by atoms with E-state index in [1.807, 2.05) is 71.9 Å². The van der Waals surface area contributed by atoms with Crippen molar-refractivity contribution in [3.05, 3.63) is 119 Å². The second-order valence-electron chi connectivity index (χ2n) is 11.7. The Balaban J connectivity index is 0.00000138. The third-order valence-corrected chi connectivity index (χ3v) is 10.8. The summed E-state index contributed by atoms with van der Waals surface area (Å²) in [5.41, 5.74) is 0.790. The lowest BCUT2D eigenvalue weighted by atomic mass is 9.90. The van der Waals surface area contributed by atoms with Crippen LogP contribution >= 0.6 is 0 Å². The Morgan fingerprint density at radius 3 is 1.88 bits per heavy atom. The van der Waals surface area contributed by atoms with E-state index >= 15 is 0 Å². The van der Waals surface area contributed by atoms with Crippen LogP contribution in [0.2, 0.25) is 0 Å². The van der Waals surface area contributed by atoms with E-state index in [1.165, 1.54) is 24.3 Å². The van der Waals surface area contributed by atoms with Crippen molar-refractivity contribution >= 4 is 63.3 Å². The van der Waals surface area contributed by atoms with Crippen molar-refractivity contribution in [2.75, 3.05) is 0 Å². The Morgan fingerprint density at radius 2 is 1.28 bits per heavy atom. The first-order valence-corrected chi connectivity index (χ1v) is 22.3. The number of aromatic nitrogens is 2. The zero-order chi connectivity index (χ0) is 42.9. The lowest BCUT2D eigenvalue weighted by Gasteiger charge is -2.19. The van der Waals surface area contributed by atoms with Crippen molar-refractivity contribution in [1.82, 2.24) is 9.97 Å². The molecule has 6 aromatic rings. The third kappa shape index (κ3) is 10.8. The highest BCUT2D eigenvalue weighted by Gasteiger charge is 2.28. The van der Waals surface area contributed by atoms with Crippen LogP contribution < -0.4 is 0 Å². The van der Waals surface area contributed by atoms with Gasteiger partial charge in [0.05, 0.1) is 10.6 Å². The number of hydrogen-bond acceptors (Lipinski definition) is 11. The molecule has 0 bridgehead atoms. The minimum absolute atomic E-state index is 0.0593. The minimum Gasteiger partial charge on any atom is -0.505 e. The molecule has 5 aromatic carbocycles. The number of nitrogens with zero attached hydrogens (tertiary/aromatic N) is 4. The van der Waals surface area contributed by atoms with Crippen LogP contribution in [0.5, 0.6) is 5.75 Å². The summed E-state index contributed by atoms with van der Waals surface area (Å²) < 4.78 is 105. The molecule has 57 heavy (non-hydrogen) atoms. The van der Waals surface area contributed by atoms with E-state index in [4.69, 9.17) is 0 Å². The van der Waals surface area contributed by atoms with Crippen LogP contribution in [0.15, 0.2) is 116 Å². The first-order valence-electron chi connectivity index (χ1n) is 18.0. The topological polar surface area (TPSA) is 234 Å². The van der Waals surface area contributed by atoms with Gasteiger partial charge in [-0.05, 0) is 59.2 Å². The summed E-state index contributed by atoms with van der Waals surface area (Å²) in [6.07, 6.45) is 0.434. The highest BCUT2D eigenvalue weighted by molar-refractivity contribution is 7.86. The number of phenolic OH excluding ortho intramolecular Hbond substituents is 1. The van der Waals surface area contributed by atoms with Crippen LogP contribution in [0.1, 0.15) is 82.7 Å². The molecule has 0 amide bonds. The van der Waals surface area contributed by atoms with Crippen LogP contribution in [0, 0.1) is 6.92 Å². The lowest BCUT2D eigenvalue weighted by molar-refractivity contribution is 0.471. The van der Waals surface area contributed by atoms with Gasteiger partial charge in [-0.3, -0.25) is 13.7 Å². The first-order chi connectivity index (χ1) is 26.9. The average molecular weight is 839 g/mol. The van der Waals surface area contributed by atoms with Crippen molar-refractivity contribution in [3.8, 4) is 5.75 Å². The largest absolute Gasteiger partial charge is 0.505 e. The molecule has 0 spiro atoms. The van der Waals surface area contributed by atoms with Gasteiger partial charge in [0.15, 0.2) is 5.75 Å². The Labute approximate surface area is 333 Å². The number of fused-ring (bicyclic) bond motifs is 2. The number of aryl methyl sites for hydroxylation is 1. The highest BCUT2D eigenvalue weighted by Crippen LogP contribution is 2.46. The second-order valence-corrected chi connectivity index (χ2v) is 15.8. The fourth-order valence-corrected chi connectivity index (χ4v) is 7.94. The normalized spacial score (nSPS) is 12.2. The van der Waals surface area contributed by atoms with Crippen LogP contribution in [0.3, 0.4) is 0 Å². The van der Waals surface area contributed by atoms with E-state index in [-0.39, 0.29) is 21.7 Å². The average Bonchev–Trinajstić information content (AvgIpc) is 3.17. The second kappa shape index (κ2) is 19.3. The summed E-state index contributed by atoms with van der Waals surface area (Å²) in [6.45, 7) is 15.3. The summed E-state index contributed by atoms with van der Waals surface area (Å²) in [5.74, 6) is -1.32. The van der Waals surface area contributed by atoms with Gasteiger partial charge in [-0.25, -0.2) is 9.97 Å². The van der Waals surface area contributed by atoms with Crippen molar-refractivity contribution < 1.29 is 44.0 Å². The molecule has 0 saturated carbocycles. The summed E-state index contributed by atoms with van der Waals surface area (Å²) in [5, 5.41) is 19.6. The Bertz CT molecular complexity index is 2740. The first kappa shape index (κ1) is 46.2. The van der Waals surface area contributed by atoms with Gasteiger partial charge in [0.2, 0.25) is 0 Å². The number of hydrogen-bond donors (Lipinski definition) is 4. The summed E-state index contributed by atoms with van der Waals surface area (Å²) in [7, 11) is -15.0. The standard InChI is InChI=1S/C34H28N4O10S3.3C2H6/c1-19(29-17-24(35-20(2)36-29)14-21-8-4-3-5-9-21)27-18-25(49(40,41)42)15-23-16-30(50(43,44)45)32(33(39)31(23)27)38-37-28-13-12-22-10-6-7-11-26(22)34(28)51(46,47)48;3*1-2/h3-13,15-19,39H,14H2,1-2H3,(H,40,41,42)(H,43,44,45)(H,46,47,48);3*1-2H3. The molecule has 0 aliphatic heterocycles. The molecule has 1 heterocycles. The van der Waals surface area contributed by atoms with E-state index in [0.29, 0.717) is 29.0 Å². The van der Waals surface area contributed by atoms with E-state index in [1.54, 1.807) is 32.0 Å². The molecule has 0 fully saturated rings. The smallest absolute Gasteiger partial charge is 0.297 e. The molecule has 4 N–H and O–H groups in total. The summed E-state index contributed by atoms with van der Waals surface area (Å²) in [4.78, 5) is 6.74. The van der Waals surface area contributed by atoms with Gasteiger partial charge < -0.3 is 5.11 Å². The van der Waals surface area contributed by atoms with Crippen molar-refractivity contribution in [2.45, 2.75) is 82.4 Å². The monoisotopic (exact) mass is 838 g/mol. The van der Waals surface area contributed by atoms with Gasteiger partial charge in [0.25, 0.3) is 30.4 Å². The zero-order valence-corrected chi connectivity index (χ0v) is 35.1. The highest BCUT2D eigenvalue weighted by atomic mass is 32.2. The quantitative estimate of drug-likeness (QED) is 0.0787. The fraction of sp³-hybridized carbons (Fsp3) is 0.250. The molecule has 1 atom stereocenters. The minimum atomic E-state index is -5.21. The number of benzene rings is 5. The Hall–Kier alpha value is -5.17. The third-order valence-electron chi connectivity index (χ3n) is 8.15. The zero-order valence-electron chi connectivity index (χ0n) is 32.7. The predicted octanol–water partition coefficient (Wildman–Crippen LogP) is 9.77. The number of phenols is 1. The van der Waals surface area contributed by atoms with Crippen LogP contribution in [0.4, 0.5) is 11.4 Å². The molecule has 17 heteroatoms. The number of rotatable bonds is 9. The van der Waals surface area contributed by atoms with E-state index in [9.17, 15) is 44.0 Å². The van der Waals surface area contributed by atoms with Gasteiger partial charge in [-0.15, -0.1) is 10.2 Å². The maximum Gasteiger partial charge on any atom is 0.297 e. The van der Waals surface area contributed by atoms with Gasteiger partial charge >= 0.3 is 0 Å². The fourth-order valence-electron chi connectivity index (χ4n) is 5.89. The van der Waals surface area contributed by atoms with Gasteiger partial charge in [-0.1, -0.05) is 109 Å². The summed E-state index contributed by atoms with van der Waals surface area (Å²) >= 11 is 0. The SMILES string of the molecule is CC.CC.CC.Cc1nc(Cc2ccccc2)cc(C(C)c2cc(S(=O)(=O)O)cc3cc(S(=O)(=O)O)c(N=Nc4ccc5ccccc5c4S(=O)(=O)O)c(O)c23)n1. The van der Waals surface area contributed by atoms with E-state index in [0.717, 1.165) is 23.8 Å². The number of aromatic hydroxyl groups is 1. The van der Waals surface area contributed by atoms with Crippen molar-refractivity contribution in [2.24, 2.45) is 10.2 Å². The molecule has 0 radical (unpaired) electrons. The Kier molecular flexibility index (Phi) is 15.7. The molecule has 0 saturated heterocycles. The molecule has 0 aliphatic rings. The predicted molar refractivity (Wildman–Crippen MR) is 221 cm³/mol. The molecule has 1 unspecified atom stereocenters. The van der Waals surface area contributed by atoms with Gasteiger partial charge in [0.1, 0.15) is 27.0 Å². The summed E-state index contributed by atoms with van der Waals surface area (Å²) in [6, 6.07) is 22.8. The molecule has 6 rings (SSSR count). The van der Waals surface area contributed by atoms with Gasteiger partial charge in [-0.2, -0.15) is 25.3 Å². The molecule has 304 valence electrons. The van der Waals surface area contributed by atoms with E-state index in [2.05, 4.69) is 20.2 Å². The van der Waals surface area contributed by atoms with Crippen molar-refractivity contribution in [3.63, 3.8) is 0 Å². The Morgan fingerprint density at radius 1 is 0.667 bits per heavy atom. The molecule has 1 aromatic heterocycles. The molecule has 14 nitrogen and oxygen atoms in total. The van der Waals surface area contributed by atoms with Crippen LogP contribution in [0.25, 0.3) is 21.5 Å². The maximum atomic E-state index is 12.6. The van der Waals surface area contributed by atoms with E-state index < -0.39 is 68.1 Å².